The zero-order valence-electron chi connectivity index (χ0n) is 16.4. The lowest BCUT2D eigenvalue weighted by atomic mass is 9.79. The van der Waals surface area contributed by atoms with Gasteiger partial charge in [0, 0.05) is 42.5 Å². The standard InChI is InChI=1S/C20H36N4/c1-6-22(5)18-13-20(11-9-8-10-12-20)23(14-18)15-19-16(3)21-24(7-2)17(19)4/h18H,6-15H2,1-5H3. The van der Waals surface area contributed by atoms with Crippen molar-refractivity contribution in [3.63, 3.8) is 0 Å². The molecule has 1 aliphatic carbocycles. The minimum absolute atomic E-state index is 0.444. The number of nitrogens with zero attached hydrogens (tertiary/aromatic N) is 4. The summed E-state index contributed by atoms with van der Waals surface area (Å²) in [4.78, 5) is 5.39. The van der Waals surface area contributed by atoms with E-state index in [1.807, 2.05) is 0 Å². The molecule has 1 spiro atoms. The Labute approximate surface area is 148 Å². The lowest BCUT2D eigenvalue weighted by molar-refractivity contribution is 0.0855. The predicted molar refractivity (Wildman–Crippen MR) is 100 cm³/mol. The van der Waals surface area contributed by atoms with Crippen LogP contribution < -0.4 is 0 Å². The van der Waals surface area contributed by atoms with Gasteiger partial charge in [-0.25, -0.2) is 0 Å². The van der Waals surface area contributed by atoms with Crippen LogP contribution in [0.4, 0.5) is 0 Å². The molecule has 1 aromatic rings. The Hall–Kier alpha value is -0.870. The van der Waals surface area contributed by atoms with Crippen molar-refractivity contribution >= 4 is 0 Å². The molecule has 1 saturated carbocycles. The number of aromatic nitrogens is 2. The van der Waals surface area contributed by atoms with E-state index in [1.165, 1.54) is 62.0 Å². The van der Waals surface area contributed by atoms with Gasteiger partial charge in [-0.1, -0.05) is 26.2 Å². The first-order valence-corrected chi connectivity index (χ1v) is 9.99. The van der Waals surface area contributed by atoms with E-state index in [9.17, 15) is 0 Å². The van der Waals surface area contributed by atoms with Gasteiger partial charge in [0.25, 0.3) is 0 Å². The second-order valence-corrected chi connectivity index (χ2v) is 8.06. The summed E-state index contributed by atoms with van der Waals surface area (Å²) in [5, 5.41) is 4.75. The highest BCUT2D eigenvalue weighted by Crippen LogP contribution is 2.43. The fourth-order valence-electron chi connectivity index (χ4n) is 5.06. The van der Waals surface area contributed by atoms with Gasteiger partial charge in [0.2, 0.25) is 0 Å². The van der Waals surface area contributed by atoms with Crippen LogP contribution in [0.1, 0.15) is 69.3 Å². The first-order chi connectivity index (χ1) is 11.5. The zero-order chi connectivity index (χ0) is 17.3. The molecule has 1 aromatic heterocycles. The number of hydrogen-bond acceptors (Lipinski definition) is 3. The topological polar surface area (TPSA) is 24.3 Å². The SMILES string of the molecule is CCN(C)C1CN(Cc2c(C)nn(CC)c2C)C2(CCCCC2)C1. The Bertz CT molecular complexity index is 556. The molecule has 0 amide bonds. The van der Waals surface area contributed by atoms with Crippen LogP contribution >= 0.6 is 0 Å². The molecule has 1 aliphatic heterocycles. The highest BCUT2D eigenvalue weighted by molar-refractivity contribution is 5.25. The largest absolute Gasteiger partial charge is 0.302 e. The van der Waals surface area contributed by atoms with Crippen LogP contribution in [-0.2, 0) is 13.1 Å². The van der Waals surface area contributed by atoms with Crippen molar-refractivity contribution in [3.8, 4) is 0 Å². The van der Waals surface area contributed by atoms with Crippen LogP contribution in [0.2, 0.25) is 0 Å². The monoisotopic (exact) mass is 332 g/mol. The van der Waals surface area contributed by atoms with E-state index in [0.717, 1.165) is 25.7 Å². The summed E-state index contributed by atoms with van der Waals surface area (Å²) >= 11 is 0. The average molecular weight is 333 g/mol. The number of likely N-dealkylation sites (N-methyl/N-ethyl adjacent to an activating group) is 1. The molecule has 2 heterocycles. The summed E-state index contributed by atoms with van der Waals surface area (Å²) in [5.41, 5.74) is 4.52. The van der Waals surface area contributed by atoms with Crippen molar-refractivity contribution in [2.24, 2.45) is 0 Å². The number of aryl methyl sites for hydroxylation is 2. The summed E-state index contributed by atoms with van der Waals surface area (Å²) in [7, 11) is 2.30. The van der Waals surface area contributed by atoms with Gasteiger partial charge in [-0.2, -0.15) is 5.10 Å². The van der Waals surface area contributed by atoms with Crippen LogP contribution in [0.15, 0.2) is 0 Å². The van der Waals surface area contributed by atoms with Crippen molar-refractivity contribution in [3.05, 3.63) is 17.0 Å². The molecule has 1 saturated heterocycles. The van der Waals surface area contributed by atoms with Gasteiger partial charge in [-0.05, 0) is 53.6 Å². The fraction of sp³-hybridized carbons (Fsp3) is 0.850. The van der Waals surface area contributed by atoms with E-state index in [-0.39, 0.29) is 0 Å². The molecule has 0 aromatic carbocycles. The van der Waals surface area contributed by atoms with Crippen LogP contribution in [-0.4, -0.2) is 51.3 Å². The molecule has 0 radical (unpaired) electrons. The normalized spacial score (nSPS) is 24.3. The third kappa shape index (κ3) is 3.15. The first-order valence-electron chi connectivity index (χ1n) is 9.99. The number of rotatable bonds is 5. The summed E-state index contributed by atoms with van der Waals surface area (Å²) in [6, 6.07) is 0.718. The van der Waals surface area contributed by atoms with E-state index in [0.29, 0.717) is 5.54 Å². The summed E-state index contributed by atoms with van der Waals surface area (Å²) < 4.78 is 2.17. The first kappa shape index (κ1) is 17.9. The van der Waals surface area contributed by atoms with Crippen LogP contribution in [0.3, 0.4) is 0 Å². The van der Waals surface area contributed by atoms with E-state index >= 15 is 0 Å². The number of likely N-dealkylation sites (tertiary alicyclic amines) is 1. The van der Waals surface area contributed by atoms with E-state index < -0.39 is 0 Å². The van der Waals surface area contributed by atoms with Crippen LogP contribution in [0, 0.1) is 13.8 Å². The second kappa shape index (κ2) is 7.17. The third-order valence-electron chi connectivity index (χ3n) is 6.80. The van der Waals surface area contributed by atoms with Crippen molar-refractivity contribution in [1.29, 1.82) is 0 Å². The van der Waals surface area contributed by atoms with Gasteiger partial charge < -0.3 is 4.90 Å². The average Bonchev–Trinajstić information content (AvgIpc) is 3.07. The molecular formula is C20H36N4. The molecule has 0 bridgehead atoms. The molecule has 4 nitrogen and oxygen atoms in total. The molecule has 2 aliphatic rings. The Balaban J connectivity index is 1.85. The quantitative estimate of drug-likeness (QED) is 0.821. The summed E-state index contributed by atoms with van der Waals surface area (Å²) in [5.74, 6) is 0. The summed E-state index contributed by atoms with van der Waals surface area (Å²) in [6.45, 7) is 13.3. The molecule has 4 heteroatoms. The minimum Gasteiger partial charge on any atom is -0.302 e. The van der Waals surface area contributed by atoms with Gasteiger partial charge in [-0.15, -0.1) is 0 Å². The van der Waals surface area contributed by atoms with Crippen molar-refractivity contribution in [2.75, 3.05) is 20.1 Å². The van der Waals surface area contributed by atoms with Gasteiger partial charge in [-0.3, -0.25) is 9.58 Å². The molecule has 1 atom stereocenters. The molecule has 24 heavy (non-hydrogen) atoms. The van der Waals surface area contributed by atoms with Crippen molar-refractivity contribution in [1.82, 2.24) is 19.6 Å². The highest BCUT2D eigenvalue weighted by atomic mass is 15.3. The lowest BCUT2D eigenvalue weighted by Gasteiger charge is -2.41. The molecule has 3 rings (SSSR count). The number of hydrogen-bond donors (Lipinski definition) is 0. The van der Waals surface area contributed by atoms with Gasteiger partial charge in [0.05, 0.1) is 5.69 Å². The smallest absolute Gasteiger partial charge is 0.0641 e. The van der Waals surface area contributed by atoms with Crippen molar-refractivity contribution in [2.45, 2.75) is 90.9 Å². The Morgan fingerprint density at radius 2 is 1.88 bits per heavy atom. The molecule has 0 N–H and O–H groups in total. The van der Waals surface area contributed by atoms with Crippen molar-refractivity contribution < 1.29 is 0 Å². The van der Waals surface area contributed by atoms with Gasteiger partial charge in [0.15, 0.2) is 0 Å². The predicted octanol–water partition coefficient (Wildman–Crippen LogP) is 3.75. The molecule has 2 fully saturated rings. The van der Waals surface area contributed by atoms with E-state index in [1.54, 1.807) is 0 Å². The Kier molecular flexibility index (Phi) is 5.36. The van der Waals surface area contributed by atoms with Gasteiger partial charge in [0.1, 0.15) is 0 Å². The third-order valence-corrected chi connectivity index (χ3v) is 6.80. The van der Waals surface area contributed by atoms with Gasteiger partial charge >= 0.3 is 0 Å². The second-order valence-electron chi connectivity index (χ2n) is 8.06. The maximum absolute atomic E-state index is 4.75. The summed E-state index contributed by atoms with van der Waals surface area (Å²) in [6.07, 6.45) is 8.38. The zero-order valence-corrected chi connectivity index (χ0v) is 16.4. The minimum atomic E-state index is 0.444. The maximum atomic E-state index is 4.75. The molecule has 136 valence electrons. The van der Waals surface area contributed by atoms with E-state index in [4.69, 9.17) is 5.10 Å². The van der Waals surface area contributed by atoms with E-state index in [2.05, 4.69) is 49.2 Å². The van der Waals surface area contributed by atoms with Crippen LogP contribution in [0.5, 0.6) is 0 Å². The van der Waals surface area contributed by atoms with Crippen LogP contribution in [0.25, 0.3) is 0 Å². The maximum Gasteiger partial charge on any atom is 0.0641 e. The lowest BCUT2D eigenvalue weighted by Crippen LogP contribution is -2.44. The fourth-order valence-corrected chi connectivity index (χ4v) is 5.06. The Morgan fingerprint density at radius 3 is 2.46 bits per heavy atom. The Morgan fingerprint density at radius 1 is 1.17 bits per heavy atom. The molecule has 1 unspecified atom stereocenters. The molecular weight excluding hydrogens is 296 g/mol. The highest BCUT2D eigenvalue weighted by Gasteiger charge is 2.46.